The monoisotopic (exact) mass is 187 g/mol. The summed E-state index contributed by atoms with van der Waals surface area (Å²) in [6, 6.07) is -0.273. The molecule has 78 valence electrons. The molecule has 3 nitrogen and oxygen atoms in total. The Morgan fingerprint density at radius 2 is 1.92 bits per heavy atom. The van der Waals surface area contributed by atoms with Gasteiger partial charge in [-0.2, -0.15) is 0 Å². The van der Waals surface area contributed by atoms with Gasteiger partial charge in [-0.05, 0) is 18.9 Å². The van der Waals surface area contributed by atoms with Crippen LogP contribution in [0.5, 0.6) is 0 Å². The SMILES string of the molecule is CC.CN1CC(C)(C)CC1C(=O)O. The quantitative estimate of drug-likeness (QED) is 0.680. The van der Waals surface area contributed by atoms with Crippen LogP contribution in [0.15, 0.2) is 0 Å². The standard InChI is InChI=1S/C8H15NO2.C2H6/c1-8(2)4-6(7(10)11)9(3)5-8;1-2/h6H,4-5H2,1-3H3,(H,10,11);1-2H3. The van der Waals surface area contributed by atoms with Gasteiger partial charge >= 0.3 is 5.97 Å². The summed E-state index contributed by atoms with van der Waals surface area (Å²) in [4.78, 5) is 12.6. The van der Waals surface area contributed by atoms with Crippen molar-refractivity contribution in [2.75, 3.05) is 13.6 Å². The lowest BCUT2D eigenvalue weighted by Gasteiger charge is -2.15. The highest BCUT2D eigenvalue weighted by Gasteiger charge is 2.38. The molecule has 0 spiro atoms. The van der Waals surface area contributed by atoms with Crippen molar-refractivity contribution in [2.45, 2.75) is 40.2 Å². The van der Waals surface area contributed by atoms with Crippen LogP contribution in [0.3, 0.4) is 0 Å². The summed E-state index contributed by atoms with van der Waals surface area (Å²) in [7, 11) is 1.87. The maximum atomic E-state index is 10.7. The van der Waals surface area contributed by atoms with E-state index < -0.39 is 5.97 Å². The Labute approximate surface area is 80.7 Å². The average Bonchev–Trinajstić information content (AvgIpc) is 2.29. The Kier molecular flexibility index (Phi) is 4.40. The van der Waals surface area contributed by atoms with E-state index in [1.54, 1.807) is 0 Å². The van der Waals surface area contributed by atoms with Crippen molar-refractivity contribution >= 4 is 5.97 Å². The molecule has 1 fully saturated rings. The molecule has 1 aliphatic heterocycles. The minimum absolute atomic E-state index is 0.164. The second-order valence-corrected chi connectivity index (χ2v) is 4.14. The van der Waals surface area contributed by atoms with Gasteiger partial charge in [-0.1, -0.05) is 27.7 Å². The van der Waals surface area contributed by atoms with Crippen molar-refractivity contribution in [3.05, 3.63) is 0 Å². The number of likely N-dealkylation sites (tertiary alicyclic amines) is 1. The van der Waals surface area contributed by atoms with Gasteiger partial charge in [0.2, 0.25) is 0 Å². The van der Waals surface area contributed by atoms with E-state index in [0.717, 1.165) is 13.0 Å². The first kappa shape index (κ1) is 12.4. The first-order valence-corrected chi connectivity index (χ1v) is 4.85. The minimum atomic E-state index is -0.696. The minimum Gasteiger partial charge on any atom is -0.480 e. The normalized spacial score (nSPS) is 26.4. The van der Waals surface area contributed by atoms with Gasteiger partial charge in [-0.15, -0.1) is 0 Å². The fraction of sp³-hybridized carbons (Fsp3) is 0.900. The molecule has 0 radical (unpaired) electrons. The van der Waals surface area contributed by atoms with E-state index in [9.17, 15) is 4.79 Å². The van der Waals surface area contributed by atoms with Crippen LogP contribution in [0.25, 0.3) is 0 Å². The molecule has 0 bridgehead atoms. The van der Waals surface area contributed by atoms with E-state index in [1.807, 2.05) is 25.8 Å². The molecule has 0 aromatic heterocycles. The Morgan fingerprint density at radius 3 is 2.08 bits per heavy atom. The lowest BCUT2D eigenvalue weighted by Crippen LogP contribution is -2.32. The first-order chi connectivity index (χ1) is 5.92. The van der Waals surface area contributed by atoms with E-state index >= 15 is 0 Å². The third-order valence-electron chi connectivity index (χ3n) is 2.24. The first-order valence-electron chi connectivity index (χ1n) is 4.85. The maximum Gasteiger partial charge on any atom is 0.320 e. The largest absolute Gasteiger partial charge is 0.480 e. The third kappa shape index (κ3) is 3.35. The topological polar surface area (TPSA) is 40.5 Å². The van der Waals surface area contributed by atoms with Gasteiger partial charge in [-0.3, -0.25) is 9.69 Å². The fourth-order valence-corrected chi connectivity index (χ4v) is 1.80. The Morgan fingerprint density at radius 1 is 1.46 bits per heavy atom. The summed E-state index contributed by atoms with van der Waals surface area (Å²) in [5, 5.41) is 8.77. The zero-order chi connectivity index (χ0) is 10.6. The molecule has 0 aliphatic carbocycles. The summed E-state index contributed by atoms with van der Waals surface area (Å²) >= 11 is 0. The molecule has 1 saturated heterocycles. The zero-order valence-corrected chi connectivity index (χ0v) is 9.29. The molecule has 1 N–H and O–H groups in total. The van der Waals surface area contributed by atoms with Crippen LogP contribution in [-0.2, 0) is 4.79 Å². The fourth-order valence-electron chi connectivity index (χ4n) is 1.80. The Bertz CT molecular complexity index is 178. The zero-order valence-electron chi connectivity index (χ0n) is 9.29. The number of carboxylic acids is 1. The number of rotatable bonds is 1. The molecule has 0 aromatic carbocycles. The number of hydrogen-bond acceptors (Lipinski definition) is 2. The van der Waals surface area contributed by atoms with Crippen LogP contribution >= 0.6 is 0 Å². The third-order valence-corrected chi connectivity index (χ3v) is 2.24. The predicted molar refractivity (Wildman–Crippen MR) is 53.8 cm³/mol. The molecular weight excluding hydrogens is 166 g/mol. The molecule has 0 amide bonds. The summed E-state index contributed by atoms with van der Waals surface area (Å²) in [5.74, 6) is -0.696. The highest BCUT2D eigenvalue weighted by Crippen LogP contribution is 2.32. The number of nitrogens with zero attached hydrogens (tertiary/aromatic N) is 1. The van der Waals surface area contributed by atoms with Crippen LogP contribution in [0.2, 0.25) is 0 Å². The maximum absolute atomic E-state index is 10.7. The van der Waals surface area contributed by atoms with Gasteiger partial charge in [0.05, 0.1) is 0 Å². The molecule has 3 heteroatoms. The van der Waals surface area contributed by atoms with Gasteiger partial charge in [-0.25, -0.2) is 0 Å². The van der Waals surface area contributed by atoms with Crippen molar-refractivity contribution in [1.29, 1.82) is 0 Å². The van der Waals surface area contributed by atoms with Gasteiger partial charge in [0, 0.05) is 6.54 Å². The van der Waals surface area contributed by atoms with Crippen LogP contribution in [0.1, 0.15) is 34.1 Å². The van der Waals surface area contributed by atoms with Gasteiger partial charge in [0.25, 0.3) is 0 Å². The van der Waals surface area contributed by atoms with Crippen molar-refractivity contribution in [1.82, 2.24) is 4.90 Å². The lowest BCUT2D eigenvalue weighted by atomic mass is 9.91. The van der Waals surface area contributed by atoms with Crippen molar-refractivity contribution in [3.63, 3.8) is 0 Å². The highest BCUT2D eigenvalue weighted by atomic mass is 16.4. The van der Waals surface area contributed by atoms with Crippen molar-refractivity contribution in [2.24, 2.45) is 5.41 Å². The number of aliphatic carboxylic acids is 1. The smallest absolute Gasteiger partial charge is 0.320 e. The Balaban J connectivity index is 0.000000671. The summed E-state index contributed by atoms with van der Waals surface area (Å²) in [5.41, 5.74) is 0.164. The molecule has 1 rings (SSSR count). The molecular formula is C10H21NO2. The van der Waals surface area contributed by atoms with Crippen LogP contribution in [0.4, 0.5) is 0 Å². The van der Waals surface area contributed by atoms with Gasteiger partial charge in [0.15, 0.2) is 0 Å². The van der Waals surface area contributed by atoms with Gasteiger partial charge in [0.1, 0.15) is 6.04 Å². The molecule has 0 aromatic rings. The molecule has 13 heavy (non-hydrogen) atoms. The molecule has 1 unspecified atom stereocenters. The highest BCUT2D eigenvalue weighted by molar-refractivity contribution is 5.74. The number of likely N-dealkylation sites (N-methyl/N-ethyl adjacent to an activating group) is 1. The van der Waals surface area contributed by atoms with E-state index in [4.69, 9.17) is 5.11 Å². The van der Waals surface area contributed by atoms with E-state index in [1.165, 1.54) is 0 Å². The number of carbonyl (C=O) groups is 1. The van der Waals surface area contributed by atoms with Crippen molar-refractivity contribution < 1.29 is 9.90 Å². The lowest BCUT2D eigenvalue weighted by molar-refractivity contribution is -0.141. The van der Waals surface area contributed by atoms with Crippen LogP contribution < -0.4 is 0 Å². The molecule has 1 heterocycles. The van der Waals surface area contributed by atoms with Crippen molar-refractivity contribution in [3.8, 4) is 0 Å². The van der Waals surface area contributed by atoms with E-state index in [0.29, 0.717) is 0 Å². The Hall–Kier alpha value is -0.570. The molecule has 0 saturated carbocycles. The van der Waals surface area contributed by atoms with Crippen LogP contribution in [0, 0.1) is 5.41 Å². The van der Waals surface area contributed by atoms with Gasteiger partial charge < -0.3 is 5.11 Å². The van der Waals surface area contributed by atoms with E-state index in [-0.39, 0.29) is 11.5 Å². The second-order valence-electron chi connectivity index (χ2n) is 4.14. The molecule has 1 atom stereocenters. The summed E-state index contributed by atoms with van der Waals surface area (Å²) in [6.45, 7) is 9.09. The summed E-state index contributed by atoms with van der Waals surface area (Å²) < 4.78 is 0. The number of carboxylic acid groups (broad SMARTS) is 1. The number of hydrogen-bond donors (Lipinski definition) is 1. The second kappa shape index (κ2) is 4.61. The molecule has 1 aliphatic rings. The predicted octanol–water partition coefficient (Wildman–Crippen LogP) is 1.83. The summed E-state index contributed by atoms with van der Waals surface area (Å²) in [6.07, 6.45) is 0.763. The van der Waals surface area contributed by atoms with Crippen LogP contribution in [-0.4, -0.2) is 35.6 Å². The average molecular weight is 187 g/mol. The van der Waals surface area contributed by atoms with E-state index in [2.05, 4.69) is 13.8 Å².